The van der Waals surface area contributed by atoms with Gasteiger partial charge in [-0.1, -0.05) is 6.92 Å². The fourth-order valence-electron chi connectivity index (χ4n) is 2.82. The molecule has 26 heavy (non-hydrogen) atoms. The Morgan fingerprint density at radius 1 is 1.23 bits per heavy atom. The van der Waals surface area contributed by atoms with E-state index in [0.29, 0.717) is 30.4 Å². The molecule has 1 aliphatic rings. The van der Waals surface area contributed by atoms with E-state index in [-0.39, 0.29) is 5.83 Å². The number of allylic oxidation sites excluding steroid dienone is 2. The van der Waals surface area contributed by atoms with Crippen molar-refractivity contribution in [2.75, 3.05) is 19.5 Å². The Hall–Kier alpha value is -2.54. The number of dihydropyridines is 1. The van der Waals surface area contributed by atoms with E-state index in [1.165, 1.54) is 0 Å². The number of halogens is 2. The van der Waals surface area contributed by atoms with Crippen LogP contribution in [0.3, 0.4) is 0 Å². The average Bonchev–Trinajstić information content (AvgIpc) is 2.70. The van der Waals surface area contributed by atoms with E-state index in [4.69, 9.17) is 0 Å². The second-order valence-electron chi connectivity index (χ2n) is 5.89. The molecule has 0 radical (unpaired) electrons. The summed E-state index contributed by atoms with van der Waals surface area (Å²) in [5.74, 6) is 0.432. The van der Waals surface area contributed by atoms with E-state index in [9.17, 15) is 13.9 Å². The third kappa shape index (κ3) is 3.83. The molecule has 0 saturated carbocycles. The zero-order valence-electron chi connectivity index (χ0n) is 15.3. The van der Waals surface area contributed by atoms with Crippen LogP contribution in [0.2, 0.25) is 0 Å². The van der Waals surface area contributed by atoms with E-state index in [1.807, 2.05) is 26.1 Å². The largest absolute Gasteiger partial charge is 0.391 e. The van der Waals surface area contributed by atoms with Crippen LogP contribution < -0.4 is 10.6 Å². The molecular weight excluding hydrogens is 338 g/mol. The lowest BCUT2D eigenvalue weighted by atomic mass is 9.94. The molecule has 2 atom stereocenters. The van der Waals surface area contributed by atoms with Crippen LogP contribution in [0.25, 0.3) is 16.3 Å². The third-order valence-corrected chi connectivity index (χ3v) is 4.38. The minimum Gasteiger partial charge on any atom is -0.391 e. The summed E-state index contributed by atoms with van der Waals surface area (Å²) in [4.78, 5) is 8.75. The van der Waals surface area contributed by atoms with Crippen LogP contribution in [0.1, 0.15) is 26.0 Å². The molecule has 140 valence electrons. The topological polar surface area (TPSA) is 70.1 Å². The Morgan fingerprint density at radius 2 is 1.88 bits per heavy atom. The molecule has 0 bridgehead atoms. The van der Waals surface area contributed by atoms with Gasteiger partial charge in [0.2, 0.25) is 0 Å². The molecule has 7 heteroatoms. The minimum atomic E-state index is -0.758. The predicted molar refractivity (Wildman–Crippen MR) is 101 cm³/mol. The molecule has 0 spiro atoms. The Kier molecular flexibility index (Phi) is 6.63. The fraction of sp³-hybridized carbons (Fsp3) is 0.368. The van der Waals surface area contributed by atoms with E-state index in [0.717, 1.165) is 16.6 Å². The first-order chi connectivity index (χ1) is 12.5. The van der Waals surface area contributed by atoms with Gasteiger partial charge in [-0.15, -0.1) is 0 Å². The number of aliphatic hydroxyl groups is 1. The number of rotatable bonds is 4. The van der Waals surface area contributed by atoms with Crippen LogP contribution in [0.5, 0.6) is 0 Å². The first-order valence-electron chi connectivity index (χ1n) is 8.37. The number of aromatic nitrogens is 2. The van der Waals surface area contributed by atoms with Gasteiger partial charge in [-0.25, -0.2) is 9.37 Å². The Bertz CT molecular complexity index is 835. The van der Waals surface area contributed by atoms with Crippen LogP contribution in [-0.2, 0) is 0 Å². The molecular formula is C19H24F2N4O. The summed E-state index contributed by atoms with van der Waals surface area (Å²) in [6.45, 7) is 3.54. The van der Waals surface area contributed by atoms with Crippen LogP contribution in [0.15, 0.2) is 42.1 Å². The SMILES string of the molecule is CCC(O)C1NC=C(c2cc3cnc(NC)cc3cn2)C(C)=C1F.CF. The first kappa shape index (κ1) is 19.8. The van der Waals surface area contributed by atoms with E-state index in [2.05, 4.69) is 20.6 Å². The second-order valence-corrected chi connectivity index (χ2v) is 5.89. The number of alkyl halides is 1. The quantitative estimate of drug-likeness (QED) is 0.775. The van der Waals surface area contributed by atoms with Gasteiger partial charge < -0.3 is 15.7 Å². The van der Waals surface area contributed by atoms with Gasteiger partial charge in [0, 0.05) is 42.0 Å². The molecule has 0 aromatic carbocycles. The number of anilines is 1. The minimum absolute atomic E-state index is 0.340. The van der Waals surface area contributed by atoms with Gasteiger partial charge in [-0.2, -0.15) is 0 Å². The van der Waals surface area contributed by atoms with Crippen LogP contribution in [-0.4, -0.2) is 41.4 Å². The van der Waals surface area contributed by atoms with Crippen molar-refractivity contribution in [3.05, 3.63) is 47.8 Å². The fourth-order valence-corrected chi connectivity index (χ4v) is 2.82. The van der Waals surface area contributed by atoms with Gasteiger partial charge in [-0.3, -0.25) is 9.37 Å². The van der Waals surface area contributed by atoms with Crippen LogP contribution >= 0.6 is 0 Å². The first-order valence-corrected chi connectivity index (χ1v) is 8.37. The number of aliphatic hydroxyl groups excluding tert-OH is 1. The van der Waals surface area contributed by atoms with Gasteiger partial charge >= 0.3 is 0 Å². The Labute approximate surface area is 151 Å². The number of hydrogen-bond donors (Lipinski definition) is 3. The predicted octanol–water partition coefficient (Wildman–Crippen LogP) is 3.58. The number of hydrogen-bond acceptors (Lipinski definition) is 5. The molecule has 1 aliphatic heterocycles. The molecule has 0 saturated heterocycles. The number of nitrogens with one attached hydrogen (secondary N) is 2. The second kappa shape index (κ2) is 8.71. The normalized spacial score (nSPS) is 17.8. The van der Waals surface area contributed by atoms with Crippen molar-refractivity contribution in [2.24, 2.45) is 0 Å². The highest BCUT2D eigenvalue weighted by atomic mass is 19.1. The standard InChI is InChI=1S/C18H21FN4O.CH3F/c1-4-15(24)18-17(19)10(2)13(9-23-18)14-5-11-8-22-16(20-3)6-12(11)7-21-14;1-2/h5-9,15,18,23-24H,4H2,1-3H3,(H,20,22);1H3. The molecule has 2 aromatic heterocycles. The van der Waals surface area contributed by atoms with E-state index >= 15 is 0 Å². The Morgan fingerprint density at radius 3 is 2.54 bits per heavy atom. The highest BCUT2D eigenvalue weighted by Crippen LogP contribution is 2.31. The number of pyridine rings is 2. The van der Waals surface area contributed by atoms with Gasteiger partial charge in [0.1, 0.15) is 17.7 Å². The van der Waals surface area contributed by atoms with Gasteiger partial charge in [0.15, 0.2) is 0 Å². The maximum Gasteiger partial charge on any atom is 0.128 e. The molecule has 3 rings (SSSR count). The van der Waals surface area contributed by atoms with Crippen molar-refractivity contribution in [3.8, 4) is 0 Å². The monoisotopic (exact) mass is 362 g/mol. The lowest BCUT2D eigenvalue weighted by Crippen LogP contribution is -2.39. The van der Waals surface area contributed by atoms with Crippen molar-refractivity contribution in [1.82, 2.24) is 15.3 Å². The van der Waals surface area contributed by atoms with E-state index in [1.54, 1.807) is 25.5 Å². The van der Waals surface area contributed by atoms with Gasteiger partial charge in [-0.05, 0) is 31.1 Å². The van der Waals surface area contributed by atoms with Crippen molar-refractivity contribution < 1.29 is 13.9 Å². The van der Waals surface area contributed by atoms with Crippen molar-refractivity contribution in [2.45, 2.75) is 32.4 Å². The van der Waals surface area contributed by atoms with Gasteiger partial charge in [0.25, 0.3) is 0 Å². The molecule has 5 nitrogen and oxygen atoms in total. The zero-order valence-corrected chi connectivity index (χ0v) is 15.3. The molecule has 2 unspecified atom stereocenters. The molecule has 0 amide bonds. The smallest absolute Gasteiger partial charge is 0.128 e. The maximum atomic E-state index is 14.6. The summed E-state index contributed by atoms with van der Waals surface area (Å²) in [6.07, 6.45) is 4.97. The number of nitrogens with zero attached hydrogens (tertiary/aromatic N) is 2. The van der Waals surface area contributed by atoms with Gasteiger partial charge in [0.05, 0.1) is 19.0 Å². The molecule has 0 aliphatic carbocycles. The summed E-state index contributed by atoms with van der Waals surface area (Å²) < 4.78 is 24.1. The van der Waals surface area contributed by atoms with E-state index < -0.39 is 12.1 Å². The molecule has 2 aromatic rings. The summed E-state index contributed by atoms with van der Waals surface area (Å²) in [7, 11) is 2.31. The van der Waals surface area contributed by atoms with Crippen LogP contribution in [0, 0.1) is 0 Å². The number of fused-ring (bicyclic) bond motifs is 1. The average molecular weight is 362 g/mol. The highest BCUT2D eigenvalue weighted by molar-refractivity contribution is 5.88. The third-order valence-electron chi connectivity index (χ3n) is 4.38. The summed E-state index contributed by atoms with van der Waals surface area (Å²) in [5, 5.41) is 17.8. The summed E-state index contributed by atoms with van der Waals surface area (Å²) >= 11 is 0. The molecule has 0 fully saturated rings. The zero-order chi connectivity index (χ0) is 19.3. The molecule has 3 heterocycles. The molecule has 3 N–H and O–H groups in total. The summed E-state index contributed by atoms with van der Waals surface area (Å²) in [5.41, 5.74) is 1.86. The highest BCUT2D eigenvalue weighted by Gasteiger charge is 2.28. The van der Waals surface area contributed by atoms with Crippen LogP contribution in [0.4, 0.5) is 14.6 Å². The maximum absolute atomic E-state index is 14.6. The van der Waals surface area contributed by atoms with Crippen molar-refractivity contribution in [1.29, 1.82) is 0 Å². The van der Waals surface area contributed by atoms with Crippen molar-refractivity contribution >= 4 is 22.2 Å². The lowest BCUT2D eigenvalue weighted by molar-refractivity contribution is 0.132. The van der Waals surface area contributed by atoms with Crippen molar-refractivity contribution in [3.63, 3.8) is 0 Å². The summed E-state index contributed by atoms with van der Waals surface area (Å²) in [6, 6.07) is 3.11. The lowest BCUT2D eigenvalue weighted by Gasteiger charge is -2.27. The Balaban J connectivity index is 0.00000117.